The SMILES string of the molecule is Cc1cc(C(=O)Nc2ccc(-c3nc4ccccc4s3)cn2)sc1C. The second kappa shape index (κ2) is 6.38. The summed E-state index contributed by atoms with van der Waals surface area (Å²) in [6, 6.07) is 13.7. The molecule has 0 saturated heterocycles. The fourth-order valence-electron chi connectivity index (χ4n) is 2.45. The molecule has 0 spiro atoms. The normalized spacial score (nSPS) is 11.0. The second-order valence-corrected chi connectivity index (χ2v) is 8.01. The highest BCUT2D eigenvalue weighted by Crippen LogP contribution is 2.30. The van der Waals surface area contributed by atoms with E-state index in [1.54, 1.807) is 17.5 Å². The van der Waals surface area contributed by atoms with Crippen LogP contribution < -0.4 is 5.32 Å². The number of para-hydroxylation sites is 1. The Morgan fingerprint density at radius 3 is 2.60 bits per heavy atom. The molecule has 1 N–H and O–H groups in total. The summed E-state index contributed by atoms with van der Waals surface area (Å²) < 4.78 is 1.15. The van der Waals surface area contributed by atoms with E-state index in [0.29, 0.717) is 10.7 Å². The Balaban J connectivity index is 1.54. The number of nitrogens with zero attached hydrogens (tertiary/aromatic N) is 2. The Hall–Kier alpha value is -2.57. The van der Waals surface area contributed by atoms with Gasteiger partial charge in [-0.25, -0.2) is 9.97 Å². The van der Waals surface area contributed by atoms with Crippen LogP contribution in [0.5, 0.6) is 0 Å². The molecule has 0 saturated carbocycles. The van der Waals surface area contributed by atoms with Gasteiger partial charge in [0.15, 0.2) is 0 Å². The van der Waals surface area contributed by atoms with Gasteiger partial charge in [-0.1, -0.05) is 12.1 Å². The number of carbonyl (C=O) groups is 1. The maximum Gasteiger partial charge on any atom is 0.266 e. The zero-order valence-electron chi connectivity index (χ0n) is 13.7. The molecule has 124 valence electrons. The van der Waals surface area contributed by atoms with Crippen molar-refractivity contribution in [3.05, 3.63) is 64.0 Å². The summed E-state index contributed by atoms with van der Waals surface area (Å²) >= 11 is 3.13. The van der Waals surface area contributed by atoms with Gasteiger partial charge in [-0.15, -0.1) is 22.7 Å². The van der Waals surface area contributed by atoms with Crippen molar-refractivity contribution in [3.63, 3.8) is 0 Å². The predicted octanol–water partition coefficient (Wildman–Crippen LogP) is 5.29. The van der Waals surface area contributed by atoms with Crippen molar-refractivity contribution in [3.8, 4) is 10.6 Å². The van der Waals surface area contributed by atoms with Crippen LogP contribution in [0.2, 0.25) is 0 Å². The summed E-state index contributed by atoms with van der Waals surface area (Å²) in [5, 5.41) is 3.77. The summed E-state index contributed by atoms with van der Waals surface area (Å²) in [7, 11) is 0. The van der Waals surface area contributed by atoms with Gasteiger partial charge >= 0.3 is 0 Å². The molecule has 3 heterocycles. The van der Waals surface area contributed by atoms with Gasteiger partial charge in [0.05, 0.1) is 15.1 Å². The number of thiophene rings is 1. The van der Waals surface area contributed by atoms with Gasteiger partial charge in [0.2, 0.25) is 0 Å². The number of hydrogen-bond donors (Lipinski definition) is 1. The largest absolute Gasteiger partial charge is 0.306 e. The lowest BCUT2D eigenvalue weighted by molar-refractivity contribution is 0.103. The molecule has 0 radical (unpaired) electrons. The topological polar surface area (TPSA) is 54.9 Å². The van der Waals surface area contributed by atoms with Crippen LogP contribution in [-0.4, -0.2) is 15.9 Å². The number of benzene rings is 1. The number of amides is 1. The van der Waals surface area contributed by atoms with Crippen molar-refractivity contribution in [2.75, 3.05) is 5.32 Å². The zero-order valence-corrected chi connectivity index (χ0v) is 15.4. The van der Waals surface area contributed by atoms with Crippen LogP contribution in [0.15, 0.2) is 48.7 Å². The molecule has 4 rings (SSSR count). The first-order chi connectivity index (χ1) is 12.1. The van der Waals surface area contributed by atoms with Crippen molar-refractivity contribution in [2.45, 2.75) is 13.8 Å². The standard InChI is InChI=1S/C19H15N3OS2/c1-11-9-16(24-12(11)2)18(23)22-17-8-7-13(10-20-17)19-21-14-5-3-4-6-15(14)25-19/h3-10H,1-2H3,(H,20,22,23). The van der Waals surface area contributed by atoms with E-state index in [2.05, 4.69) is 21.4 Å². The third kappa shape index (κ3) is 3.18. The number of aromatic nitrogens is 2. The van der Waals surface area contributed by atoms with Gasteiger partial charge in [-0.3, -0.25) is 4.79 Å². The maximum absolute atomic E-state index is 12.3. The molecule has 0 aliphatic carbocycles. The summed E-state index contributed by atoms with van der Waals surface area (Å²) in [4.78, 5) is 23.1. The van der Waals surface area contributed by atoms with Crippen LogP contribution in [0.25, 0.3) is 20.8 Å². The number of pyridine rings is 1. The smallest absolute Gasteiger partial charge is 0.266 e. The maximum atomic E-state index is 12.3. The lowest BCUT2D eigenvalue weighted by Crippen LogP contribution is -2.11. The molecule has 1 aromatic carbocycles. The Labute approximate surface area is 153 Å². The fraction of sp³-hybridized carbons (Fsp3) is 0.105. The quantitative estimate of drug-likeness (QED) is 0.537. The monoisotopic (exact) mass is 365 g/mol. The van der Waals surface area contributed by atoms with E-state index in [-0.39, 0.29) is 5.91 Å². The van der Waals surface area contributed by atoms with Gasteiger partial charge in [-0.2, -0.15) is 0 Å². The third-order valence-electron chi connectivity index (χ3n) is 3.94. The number of rotatable bonds is 3. The first kappa shape index (κ1) is 15.9. The van der Waals surface area contributed by atoms with Gasteiger partial charge in [0, 0.05) is 16.6 Å². The van der Waals surface area contributed by atoms with Crippen LogP contribution in [0.1, 0.15) is 20.1 Å². The van der Waals surface area contributed by atoms with Gasteiger partial charge in [0.1, 0.15) is 10.8 Å². The lowest BCUT2D eigenvalue weighted by Gasteiger charge is -2.03. The molecule has 3 aromatic heterocycles. The van der Waals surface area contributed by atoms with Crippen LogP contribution in [0.4, 0.5) is 5.82 Å². The van der Waals surface area contributed by atoms with Crippen molar-refractivity contribution in [1.29, 1.82) is 0 Å². The van der Waals surface area contributed by atoms with Crippen LogP contribution in [0, 0.1) is 13.8 Å². The minimum atomic E-state index is -0.124. The van der Waals surface area contributed by atoms with Gasteiger partial charge in [-0.05, 0) is 49.7 Å². The molecule has 4 nitrogen and oxygen atoms in total. The molecule has 0 atom stereocenters. The Morgan fingerprint density at radius 2 is 1.92 bits per heavy atom. The predicted molar refractivity (Wildman–Crippen MR) is 105 cm³/mol. The first-order valence-electron chi connectivity index (χ1n) is 7.80. The molecular weight excluding hydrogens is 350 g/mol. The average Bonchev–Trinajstić information content (AvgIpc) is 3.19. The summed E-state index contributed by atoms with van der Waals surface area (Å²) in [6.07, 6.45) is 1.75. The number of aryl methyl sites for hydroxylation is 2. The lowest BCUT2D eigenvalue weighted by atomic mass is 10.2. The third-order valence-corrected chi connectivity index (χ3v) is 6.17. The zero-order chi connectivity index (χ0) is 17.4. The van der Waals surface area contributed by atoms with Crippen molar-refractivity contribution in [2.24, 2.45) is 0 Å². The molecule has 0 fully saturated rings. The number of thiazole rings is 1. The van der Waals surface area contributed by atoms with Gasteiger partial charge in [0.25, 0.3) is 5.91 Å². The van der Waals surface area contributed by atoms with Crippen molar-refractivity contribution in [1.82, 2.24) is 9.97 Å². The Bertz CT molecular complexity index is 1010. The molecule has 0 aliphatic rings. The van der Waals surface area contributed by atoms with Crippen molar-refractivity contribution >= 4 is 44.6 Å². The first-order valence-corrected chi connectivity index (χ1v) is 9.44. The molecule has 25 heavy (non-hydrogen) atoms. The highest BCUT2D eigenvalue weighted by Gasteiger charge is 2.12. The van der Waals surface area contributed by atoms with E-state index in [0.717, 1.165) is 31.2 Å². The number of hydrogen-bond acceptors (Lipinski definition) is 5. The Kier molecular flexibility index (Phi) is 4.07. The number of anilines is 1. The van der Waals surface area contributed by atoms with E-state index >= 15 is 0 Å². The summed E-state index contributed by atoms with van der Waals surface area (Å²) in [5.41, 5.74) is 3.07. The molecule has 6 heteroatoms. The van der Waals surface area contributed by atoms with E-state index in [9.17, 15) is 4.79 Å². The minimum absolute atomic E-state index is 0.124. The summed E-state index contributed by atoms with van der Waals surface area (Å²) in [6.45, 7) is 4.02. The molecular formula is C19H15N3OS2. The van der Waals surface area contributed by atoms with E-state index in [1.807, 2.05) is 50.2 Å². The van der Waals surface area contributed by atoms with Gasteiger partial charge < -0.3 is 5.32 Å². The molecule has 1 amide bonds. The average molecular weight is 365 g/mol. The van der Waals surface area contributed by atoms with E-state index < -0.39 is 0 Å². The van der Waals surface area contributed by atoms with Crippen molar-refractivity contribution < 1.29 is 4.79 Å². The van der Waals surface area contributed by atoms with E-state index in [4.69, 9.17) is 0 Å². The van der Waals surface area contributed by atoms with E-state index in [1.165, 1.54) is 11.3 Å². The number of fused-ring (bicyclic) bond motifs is 1. The fourth-order valence-corrected chi connectivity index (χ4v) is 4.34. The highest BCUT2D eigenvalue weighted by atomic mass is 32.1. The molecule has 0 unspecified atom stereocenters. The molecule has 4 aromatic rings. The van der Waals surface area contributed by atoms with Crippen LogP contribution in [-0.2, 0) is 0 Å². The second-order valence-electron chi connectivity index (χ2n) is 5.72. The number of carbonyl (C=O) groups excluding carboxylic acids is 1. The summed E-state index contributed by atoms with van der Waals surface area (Å²) in [5.74, 6) is 0.417. The highest BCUT2D eigenvalue weighted by molar-refractivity contribution is 7.21. The van der Waals surface area contributed by atoms with Crippen LogP contribution >= 0.6 is 22.7 Å². The number of nitrogens with one attached hydrogen (secondary N) is 1. The van der Waals surface area contributed by atoms with Crippen LogP contribution in [0.3, 0.4) is 0 Å². The Morgan fingerprint density at radius 1 is 1.08 bits per heavy atom. The minimum Gasteiger partial charge on any atom is -0.306 e. The molecule has 0 bridgehead atoms. The molecule has 0 aliphatic heterocycles.